The minimum atomic E-state index is -0.342. The van der Waals surface area contributed by atoms with Crippen molar-refractivity contribution in [2.75, 3.05) is 6.61 Å². The fourth-order valence-electron chi connectivity index (χ4n) is 2.53. The third-order valence-corrected chi connectivity index (χ3v) is 4.08. The lowest BCUT2D eigenvalue weighted by Crippen LogP contribution is -2.19. The summed E-state index contributed by atoms with van der Waals surface area (Å²) in [6, 6.07) is 17.2. The van der Waals surface area contributed by atoms with Gasteiger partial charge in [0, 0.05) is 5.56 Å². The van der Waals surface area contributed by atoms with Gasteiger partial charge in [-0.05, 0) is 56.7 Å². The number of amides is 1. The highest BCUT2D eigenvalue weighted by Crippen LogP contribution is 2.18. The van der Waals surface area contributed by atoms with Crippen LogP contribution in [0.15, 0.2) is 59.7 Å². The molecule has 1 amide bonds. The molecule has 0 saturated carbocycles. The summed E-state index contributed by atoms with van der Waals surface area (Å²) in [6.07, 6.45) is 0. The first-order valence-electron chi connectivity index (χ1n) is 8.77. The Morgan fingerprint density at radius 3 is 2.52 bits per heavy atom. The topological polar surface area (TPSA) is 79.4 Å². The number of nitrogens with zero attached hydrogens (tertiary/aromatic N) is 2. The van der Waals surface area contributed by atoms with E-state index < -0.39 is 0 Å². The number of aromatic amines is 1. The molecule has 6 heteroatoms. The molecule has 0 fully saturated rings. The first-order chi connectivity index (χ1) is 13.1. The predicted molar refractivity (Wildman–Crippen MR) is 106 cm³/mol. The van der Waals surface area contributed by atoms with E-state index in [0.717, 1.165) is 16.9 Å². The first-order valence-corrected chi connectivity index (χ1v) is 8.77. The molecule has 0 spiro atoms. The SMILES string of the molecule is CCOc1ccc(/C(C)=N/NC(=O)c2cc(-c3ccc(C)cc3)n[nH]2)cc1. The van der Waals surface area contributed by atoms with E-state index in [0.29, 0.717) is 23.7 Å². The predicted octanol–water partition coefficient (Wildman–Crippen LogP) is 3.94. The zero-order chi connectivity index (χ0) is 19.2. The van der Waals surface area contributed by atoms with Crippen molar-refractivity contribution in [1.82, 2.24) is 15.6 Å². The monoisotopic (exact) mass is 362 g/mol. The van der Waals surface area contributed by atoms with Crippen molar-refractivity contribution in [3.63, 3.8) is 0 Å². The number of carbonyl (C=O) groups excluding carboxylic acids is 1. The van der Waals surface area contributed by atoms with Gasteiger partial charge in [0.05, 0.1) is 18.0 Å². The molecule has 3 aromatic rings. The van der Waals surface area contributed by atoms with Crippen molar-refractivity contribution in [3.05, 3.63) is 71.4 Å². The maximum absolute atomic E-state index is 12.3. The molecular formula is C21H22N4O2. The number of carbonyl (C=O) groups is 1. The summed E-state index contributed by atoms with van der Waals surface area (Å²) in [5.74, 6) is 0.463. The van der Waals surface area contributed by atoms with Crippen LogP contribution in [0.2, 0.25) is 0 Å². The molecule has 1 aromatic heterocycles. The second-order valence-electron chi connectivity index (χ2n) is 6.13. The third-order valence-electron chi connectivity index (χ3n) is 4.08. The fourth-order valence-corrected chi connectivity index (χ4v) is 2.53. The molecule has 2 N–H and O–H groups in total. The van der Waals surface area contributed by atoms with Crippen molar-refractivity contribution in [2.45, 2.75) is 20.8 Å². The van der Waals surface area contributed by atoms with Crippen LogP contribution in [0, 0.1) is 6.92 Å². The lowest BCUT2D eigenvalue weighted by Gasteiger charge is -2.05. The highest BCUT2D eigenvalue weighted by Gasteiger charge is 2.11. The largest absolute Gasteiger partial charge is 0.494 e. The molecule has 0 saturated heterocycles. The second kappa shape index (κ2) is 8.31. The Hall–Kier alpha value is -3.41. The molecule has 3 rings (SSSR count). The molecule has 1 heterocycles. The maximum Gasteiger partial charge on any atom is 0.289 e. The summed E-state index contributed by atoms with van der Waals surface area (Å²) in [6.45, 7) is 6.42. The van der Waals surface area contributed by atoms with Gasteiger partial charge in [0.1, 0.15) is 11.4 Å². The summed E-state index contributed by atoms with van der Waals surface area (Å²) in [5.41, 5.74) is 7.35. The lowest BCUT2D eigenvalue weighted by atomic mass is 10.1. The van der Waals surface area contributed by atoms with E-state index in [1.807, 2.05) is 69.3 Å². The molecule has 0 bridgehead atoms. The average molecular weight is 362 g/mol. The van der Waals surface area contributed by atoms with Crippen LogP contribution in [0.3, 0.4) is 0 Å². The standard InChI is InChI=1S/C21H22N4O2/c1-4-27-18-11-9-16(10-12-18)15(3)22-25-21(26)20-13-19(23-24-20)17-7-5-14(2)6-8-17/h5-13H,4H2,1-3H3,(H,23,24)(H,25,26)/b22-15+. The number of ether oxygens (including phenoxy) is 1. The number of aromatic nitrogens is 2. The van der Waals surface area contributed by atoms with E-state index in [-0.39, 0.29) is 5.91 Å². The number of hydrogen-bond donors (Lipinski definition) is 2. The molecule has 0 radical (unpaired) electrons. The van der Waals surface area contributed by atoms with Gasteiger partial charge in [0.2, 0.25) is 0 Å². The van der Waals surface area contributed by atoms with Crippen LogP contribution < -0.4 is 10.2 Å². The molecule has 0 aliphatic carbocycles. The van der Waals surface area contributed by atoms with Crippen LogP contribution in [0.4, 0.5) is 0 Å². The average Bonchev–Trinajstić information content (AvgIpc) is 3.17. The van der Waals surface area contributed by atoms with E-state index in [2.05, 4.69) is 20.7 Å². The van der Waals surface area contributed by atoms with Gasteiger partial charge in [-0.15, -0.1) is 0 Å². The highest BCUT2D eigenvalue weighted by molar-refractivity contribution is 6.00. The van der Waals surface area contributed by atoms with Crippen LogP contribution in [-0.2, 0) is 0 Å². The van der Waals surface area contributed by atoms with Crippen molar-refractivity contribution in [3.8, 4) is 17.0 Å². The Morgan fingerprint density at radius 2 is 1.85 bits per heavy atom. The van der Waals surface area contributed by atoms with Gasteiger partial charge >= 0.3 is 0 Å². The molecule has 0 aliphatic rings. The number of H-pyrrole nitrogens is 1. The lowest BCUT2D eigenvalue weighted by molar-refractivity contribution is 0.0950. The zero-order valence-electron chi connectivity index (χ0n) is 15.6. The van der Waals surface area contributed by atoms with E-state index in [4.69, 9.17) is 4.74 Å². The number of hydrogen-bond acceptors (Lipinski definition) is 4. The normalized spacial score (nSPS) is 11.3. The van der Waals surface area contributed by atoms with Gasteiger partial charge < -0.3 is 4.74 Å². The number of aryl methyl sites for hydroxylation is 1. The summed E-state index contributed by atoms with van der Waals surface area (Å²) in [7, 11) is 0. The number of benzene rings is 2. The molecule has 2 aromatic carbocycles. The van der Waals surface area contributed by atoms with E-state index >= 15 is 0 Å². The van der Waals surface area contributed by atoms with Crippen molar-refractivity contribution in [1.29, 1.82) is 0 Å². The maximum atomic E-state index is 12.3. The van der Waals surface area contributed by atoms with Crippen molar-refractivity contribution in [2.24, 2.45) is 5.10 Å². The molecule has 0 aliphatic heterocycles. The molecule has 6 nitrogen and oxygen atoms in total. The van der Waals surface area contributed by atoms with Crippen molar-refractivity contribution >= 4 is 11.6 Å². The van der Waals surface area contributed by atoms with Gasteiger partial charge in [-0.3, -0.25) is 9.89 Å². The van der Waals surface area contributed by atoms with E-state index in [1.165, 1.54) is 5.56 Å². The molecule has 138 valence electrons. The zero-order valence-corrected chi connectivity index (χ0v) is 15.6. The van der Waals surface area contributed by atoms with Gasteiger partial charge in [0.15, 0.2) is 0 Å². The van der Waals surface area contributed by atoms with Gasteiger partial charge in [-0.1, -0.05) is 29.8 Å². The Balaban J connectivity index is 1.66. The highest BCUT2D eigenvalue weighted by atomic mass is 16.5. The van der Waals surface area contributed by atoms with Crippen LogP contribution in [0.5, 0.6) is 5.75 Å². The second-order valence-corrected chi connectivity index (χ2v) is 6.13. The van der Waals surface area contributed by atoms with Crippen LogP contribution in [0.25, 0.3) is 11.3 Å². The number of rotatable bonds is 6. The molecule has 0 unspecified atom stereocenters. The van der Waals surface area contributed by atoms with Gasteiger partial charge in [-0.25, -0.2) is 5.43 Å². The summed E-state index contributed by atoms with van der Waals surface area (Å²) >= 11 is 0. The first kappa shape index (κ1) is 18.4. The molecular weight excluding hydrogens is 340 g/mol. The van der Waals surface area contributed by atoms with E-state index in [1.54, 1.807) is 6.07 Å². The molecule has 27 heavy (non-hydrogen) atoms. The van der Waals surface area contributed by atoms with E-state index in [9.17, 15) is 4.79 Å². The minimum absolute atomic E-state index is 0.342. The fraction of sp³-hybridized carbons (Fsp3) is 0.190. The Kier molecular flexibility index (Phi) is 5.66. The minimum Gasteiger partial charge on any atom is -0.494 e. The number of hydrazone groups is 1. The smallest absolute Gasteiger partial charge is 0.289 e. The summed E-state index contributed by atoms with van der Waals surface area (Å²) in [4.78, 5) is 12.3. The Bertz CT molecular complexity index is 941. The van der Waals surface area contributed by atoms with Gasteiger partial charge in [0.25, 0.3) is 5.91 Å². The quantitative estimate of drug-likeness (QED) is 0.515. The Labute approximate surface area is 158 Å². The van der Waals surface area contributed by atoms with Crippen LogP contribution >= 0.6 is 0 Å². The third kappa shape index (κ3) is 4.61. The summed E-state index contributed by atoms with van der Waals surface area (Å²) in [5, 5.41) is 11.1. The molecule has 0 atom stereocenters. The van der Waals surface area contributed by atoms with Crippen molar-refractivity contribution < 1.29 is 9.53 Å². The van der Waals surface area contributed by atoms with Crippen LogP contribution in [-0.4, -0.2) is 28.4 Å². The van der Waals surface area contributed by atoms with Crippen LogP contribution in [0.1, 0.15) is 35.5 Å². The number of nitrogens with one attached hydrogen (secondary N) is 2. The Morgan fingerprint density at radius 1 is 1.15 bits per heavy atom. The van der Waals surface area contributed by atoms with Gasteiger partial charge in [-0.2, -0.15) is 10.2 Å². The summed E-state index contributed by atoms with van der Waals surface area (Å²) < 4.78 is 5.42.